The molecule has 1 unspecified atom stereocenters. The summed E-state index contributed by atoms with van der Waals surface area (Å²) in [4.78, 5) is 2.50. The lowest BCUT2D eigenvalue weighted by molar-refractivity contribution is 0.281. The Morgan fingerprint density at radius 1 is 1.05 bits per heavy atom. The molecule has 1 N–H and O–H groups in total. The average molecular weight is 262 g/mol. The van der Waals surface area contributed by atoms with E-state index in [-0.39, 0.29) is 0 Å². The molecule has 19 heavy (non-hydrogen) atoms. The Labute approximate surface area is 119 Å². The van der Waals surface area contributed by atoms with Crippen LogP contribution in [0.1, 0.15) is 38.3 Å². The summed E-state index contributed by atoms with van der Waals surface area (Å²) in [6.07, 6.45) is 2.36. The van der Waals surface area contributed by atoms with E-state index in [9.17, 15) is 0 Å². The zero-order valence-electron chi connectivity index (χ0n) is 13.1. The molecule has 1 atom stereocenters. The van der Waals surface area contributed by atoms with Gasteiger partial charge in [-0.15, -0.1) is 0 Å². The summed E-state index contributed by atoms with van der Waals surface area (Å²) in [6.45, 7) is 13.4. The Morgan fingerprint density at radius 2 is 1.68 bits per heavy atom. The second kappa shape index (κ2) is 9.11. The minimum Gasteiger partial charge on any atom is -0.314 e. The number of hydrogen-bond acceptors (Lipinski definition) is 2. The molecule has 0 fully saturated rings. The molecule has 0 spiro atoms. The zero-order valence-corrected chi connectivity index (χ0v) is 13.1. The number of nitrogens with zero attached hydrogens (tertiary/aromatic N) is 1. The van der Waals surface area contributed by atoms with Crippen LogP contribution in [0.15, 0.2) is 24.3 Å². The monoisotopic (exact) mass is 262 g/mol. The molecule has 0 saturated heterocycles. The maximum atomic E-state index is 3.62. The van der Waals surface area contributed by atoms with Gasteiger partial charge < -0.3 is 10.2 Å². The van der Waals surface area contributed by atoms with Gasteiger partial charge in [-0.1, -0.05) is 50.6 Å². The van der Waals surface area contributed by atoms with Crippen molar-refractivity contribution in [3.63, 3.8) is 0 Å². The molecule has 0 saturated carbocycles. The molecule has 0 aliphatic rings. The molecule has 2 nitrogen and oxygen atoms in total. The molecule has 2 heteroatoms. The predicted molar refractivity (Wildman–Crippen MR) is 84.8 cm³/mol. The SMILES string of the molecule is CCNC(CCN(CC)CC)Cc1ccc(C)cc1. The van der Waals surface area contributed by atoms with Crippen LogP contribution in [0.3, 0.4) is 0 Å². The van der Waals surface area contributed by atoms with E-state index in [0.29, 0.717) is 6.04 Å². The van der Waals surface area contributed by atoms with Gasteiger partial charge in [-0.2, -0.15) is 0 Å². The van der Waals surface area contributed by atoms with E-state index in [0.717, 1.165) is 26.1 Å². The van der Waals surface area contributed by atoms with E-state index in [2.05, 4.69) is 62.2 Å². The van der Waals surface area contributed by atoms with Crippen molar-refractivity contribution in [2.75, 3.05) is 26.2 Å². The van der Waals surface area contributed by atoms with Crippen LogP contribution < -0.4 is 5.32 Å². The molecule has 0 aliphatic carbocycles. The number of nitrogens with one attached hydrogen (secondary N) is 1. The summed E-state index contributed by atoms with van der Waals surface area (Å²) < 4.78 is 0. The third-order valence-corrected chi connectivity index (χ3v) is 3.78. The lowest BCUT2D eigenvalue weighted by Crippen LogP contribution is -2.35. The fourth-order valence-corrected chi connectivity index (χ4v) is 2.45. The number of hydrogen-bond donors (Lipinski definition) is 1. The van der Waals surface area contributed by atoms with Gasteiger partial charge in [0.25, 0.3) is 0 Å². The van der Waals surface area contributed by atoms with Gasteiger partial charge in [0.05, 0.1) is 0 Å². The fourth-order valence-electron chi connectivity index (χ4n) is 2.45. The summed E-state index contributed by atoms with van der Waals surface area (Å²) in [7, 11) is 0. The van der Waals surface area contributed by atoms with E-state index in [1.54, 1.807) is 0 Å². The average Bonchev–Trinajstić information content (AvgIpc) is 2.42. The molecule has 1 aromatic carbocycles. The van der Waals surface area contributed by atoms with Crippen LogP contribution in [0, 0.1) is 6.92 Å². The largest absolute Gasteiger partial charge is 0.314 e. The van der Waals surface area contributed by atoms with E-state index >= 15 is 0 Å². The first-order chi connectivity index (χ1) is 9.19. The summed E-state index contributed by atoms with van der Waals surface area (Å²) in [5, 5.41) is 3.62. The van der Waals surface area contributed by atoms with Crippen molar-refractivity contribution >= 4 is 0 Å². The predicted octanol–water partition coefficient (Wildman–Crippen LogP) is 3.25. The van der Waals surface area contributed by atoms with Gasteiger partial charge in [0.2, 0.25) is 0 Å². The second-order valence-corrected chi connectivity index (χ2v) is 5.26. The van der Waals surface area contributed by atoms with Gasteiger partial charge >= 0.3 is 0 Å². The first kappa shape index (κ1) is 16.2. The first-order valence-electron chi connectivity index (χ1n) is 7.70. The van der Waals surface area contributed by atoms with E-state index < -0.39 is 0 Å². The normalized spacial score (nSPS) is 12.9. The van der Waals surface area contributed by atoms with Gasteiger partial charge in [0.15, 0.2) is 0 Å². The molecule has 108 valence electrons. The molecule has 0 aliphatic heterocycles. The Morgan fingerprint density at radius 3 is 2.21 bits per heavy atom. The molecule has 0 heterocycles. The van der Waals surface area contributed by atoms with Crippen molar-refractivity contribution in [2.24, 2.45) is 0 Å². The van der Waals surface area contributed by atoms with E-state index in [1.165, 1.54) is 24.1 Å². The first-order valence-corrected chi connectivity index (χ1v) is 7.70. The third-order valence-electron chi connectivity index (χ3n) is 3.78. The van der Waals surface area contributed by atoms with Crippen LogP contribution in [0.2, 0.25) is 0 Å². The maximum absolute atomic E-state index is 3.62. The summed E-state index contributed by atoms with van der Waals surface area (Å²) in [6, 6.07) is 9.54. The highest BCUT2D eigenvalue weighted by Crippen LogP contribution is 2.09. The van der Waals surface area contributed by atoms with E-state index in [1.807, 2.05) is 0 Å². The molecule has 0 bridgehead atoms. The Bertz CT molecular complexity index is 328. The smallest absolute Gasteiger partial charge is 0.0119 e. The van der Waals surface area contributed by atoms with Crippen molar-refractivity contribution in [1.82, 2.24) is 10.2 Å². The lowest BCUT2D eigenvalue weighted by atomic mass is 10.0. The number of benzene rings is 1. The van der Waals surface area contributed by atoms with Gasteiger partial charge in [0, 0.05) is 6.04 Å². The molecule has 0 radical (unpaired) electrons. The van der Waals surface area contributed by atoms with Crippen LogP contribution in [0.4, 0.5) is 0 Å². The topological polar surface area (TPSA) is 15.3 Å². The maximum Gasteiger partial charge on any atom is 0.0119 e. The van der Waals surface area contributed by atoms with Gasteiger partial charge in [0.1, 0.15) is 0 Å². The summed E-state index contributed by atoms with van der Waals surface area (Å²) in [5.74, 6) is 0. The molecule has 1 rings (SSSR count). The number of aryl methyl sites for hydroxylation is 1. The molecular weight excluding hydrogens is 232 g/mol. The minimum absolute atomic E-state index is 0.591. The van der Waals surface area contributed by atoms with Crippen molar-refractivity contribution in [2.45, 2.75) is 46.6 Å². The summed E-state index contributed by atoms with van der Waals surface area (Å²) in [5.41, 5.74) is 2.78. The summed E-state index contributed by atoms with van der Waals surface area (Å²) >= 11 is 0. The van der Waals surface area contributed by atoms with Crippen LogP contribution in [-0.4, -0.2) is 37.1 Å². The Balaban J connectivity index is 2.49. The van der Waals surface area contributed by atoms with Crippen LogP contribution >= 0.6 is 0 Å². The van der Waals surface area contributed by atoms with Crippen molar-refractivity contribution in [3.8, 4) is 0 Å². The highest BCUT2D eigenvalue weighted by molar-refractivity contribution is 5.22. The molecule has 0 aromatic heterocycles. The van der Waals surface area contributed by atoms with Gasteiger partial charge in [-0.05, 0) is 51.5 Å². The highest BCUT2D eigenvalue weighted by Gasteiger charge is 2.10. The van der Waals surface area contributed by atoms with E-state index in [4.69, 9.17) is 0 Å². The molecular formula is C17H30N2. The van der Waals surface area contributed by atoms with Crippen LogP contribution in [0.5, 0.6) is 0 Å². The lowest BCUT2D eigenvalue weighted by Gasteiger charge is -2.23. The van der Waals surface area contributed by atoms with Gasteiger partial charge in [-0.25, -0.2) is 0 Å². The second-order valence-electron chi connectivity index (χ2n) is 5.26. The Hall–Kier alpha value is -0.860. The highest BCUT2D eigenvalue weighted by atomic mass is 15.1. The van der Waals surface area contributed by atoms with Crippen LogP contribution in [-0.2, 0) is 6.42 Å². The van der Waals surface area contributed by atoms with Crippen molar-refractivity contribution in [1.29, 1.82) is 0 Å². The standard InChI is InChI=1S/C17H30N2/c1-5-18-17(12-13-19(6-2)7-3)14-16-10-8-15(4)9-11-16/h8-11,17-18H,5-7,12-14H2,1-4H3. The zero-order chi connectivity index (χ0) is 14.1. The fraction of sp³-hybridized carbons (Fsp3) is 0.647. The minimum atomic E-state index is 0.591. The van der Waals surface area contributed by atoms with Crippen molar-refractivity contribution in [3.05, 3.63) is 35.4 Å². The number of likely N-dealkylation sites (N-methyl/N-ethyl adjacent to an activating group) is 1. The van der Waals surface area contributed by atoms with Crippen LogP contribution in [0.25, 0.3) is 0 Å². The third kappa shape index (κ3) is 6.22. The quantitative estimate of drug-likeness (QED) is 0.735. The van der Waals surface area contributed by atoms with Crippen molar-refractivity contribution < 1.29 is 0 Å². The Kier molecular flexibility index (Phi) is 7.76. The molecule has 0 amide bonds. The number of rotatable bonds is 9. The van der Waals surface area contributed by atoms with Gasteiger partial charge in [-0.3, -0.25) is 0 Å². The molecule has 1 aromatic rings.